The molecule has 2 saturated heterocycles. The molecule has 2 fully saturated rings. The number of benzene rings is 1. The standard InChI is InChI=1S/C15H19N3O5S/c1-15-7-4-8-17(15)14(20)18(13(15)19)10-5-6-12(23-2)11(9-10)16-24(3,21)22/h5-6,9,16H,4,7-8H2,1-3H3/t15-/m0/s1. The summed E-state index contributed by atoms with van der Waals surface area (Å²) in [6, 6.07) is 4.14. The van der Waals surface area contributed by atoms with Crippen LogP contribution in [0.5, 0.6) is 5.75 Å². The number of urea groups is 1. The number of methoxy groups -OCH3 is 1. The zero-order valence-corrected chi connectivity index (χ0v) is 14.5. The molecule has 1 aromatic carbocycles. The molecule has 0 aromatic heterocycles. The summed E-state index contributed by atoms with van der Waals surface area (Å²) in [6.07, 6.45) is 2.44. The van der Waals surface area contributed by atoms with Crippen molar-refractivity contribution < 1.29 is 22.7 Å². The molecule has 0 radical (unpaired) electrons. The van der Waals surface area contributed by atoms with Gasteiger partial charge in [0.25, 0.3) is 5.91 Å². The van der Waals surface area contributed by atoms with E-state index in [0.29, 0.717) is 24.4 Å². The summed E-state index contributed by atoms with van der Waals surface area (Å²) < 4.78 is 30.5. The van der Waals surface area contributed by atoms with Crippen molar-refractivity contribution in [2.24, 2.45) is 0 Å². The Labute approximate surface area is 140 Å². The smallest absolute Gasteiger partial charge is 0.332 e. The van der Waals surface area contributed by atoms with Crippen LogP contribution >= 0.6 is 0 Å². The van der Waals surface area contributed by atoms with Crippen LogP contribution in [0.15, 0.2) is 18.2 Å². The molecular formula is C15H19N3O5S. The Kier molecular flexibility index (Phi) is 3.71. The second kappa shape index (κ2) is 5.37. The van der Waals surface area contributed by atoms with Crippen LogP contribution in [-0.4, -0.2) is 50.7 Å². The molecule has 1 atom stereocenters. The summed E-state index contributed by atoms with van der Waals surface area (Å²) in [5.41, 5.74) is -0.329. The number of hydrogen-bond acceptors (Lipinski definition) is 5. The summed E-state index contributed by atoms with van der Waals surface area (Å²) in [7, 11) is -2.12. The van der Waals surface area contributed by atoms with Gasteiger partial charge in [0.2, 0.25) is 10.0 Å². The van der Waals surface area contributed by atoms with E-state index in [1.165, 1.54) is 19.2 Å². The molecule has 9 heteroatoms. The number of ether oxygens (including phenoxy) is 1. The maximum absolute atomic E-state index is 12.8. The molecule has 1 aromatic rings. The van der Waals surface area contributed by atoms with Gasteiger partial charge in [-0.2, -0.15) is 0 Å². The Morgan fingerprint density at radius 2 is 2.00 bits per heavy atom. The van der Waals surface area contributed by atoms with E-state index in [1.807, 2.05) is 0 Å². The van der Waals surface area contributed by atoms with Crippen molar-refractivity contribution in [3.8, 4) is 5.75 Å². The average Bonchev–Trinajstić information content (AvgIpc) is 2.96. The maximum atomic E-state index is 12.8. The minimum Gasteiger partial charge on any atom is -0.495 e. The number of hydrogen-bond donors (Lipinski definition) is 1. The van der Waals surface area contributed by atoms with Gasteiger partial charge < -0.3 is 9.64 Å². The van der Waals surface area contributed by atoms with E-state index >= 15 is 0 Å². The second-order valence-corrected chi connectivity index (χ2v) is 7.96. The van der Waals surface area contributed by atoms with Crippen molar-refractivity contribution in [2.75, 3.05) is 29.5 Å². The first kappa shape index (κ1) is 16.6. The highest BCUT2D eigenvalue weighted by molar-refractivity contribution is 7.92. The summed E-state index contributed by atoms with van der Waals surface area (Å²) >= 11 is 0. The van der Waals surface area contributed by atoms with E-state index in [1.54, 1.807) is 17.9 Å². The lowest BCUT2D eigenvalue weighted by Crippen LogP contribution is -2.41. The third kappa shape index (κ3) is 2.48. The number of rotatable bonds is 4. The molecule has 3 amide bonds. The fourth-order valence-corrected chi connectivity index (χ4v) is 3.84. The Hall–Kier alpha value is -2.29. The molecule has 8 nitrogen and oxygen atoms in total. The van der Waals surface area contributed by atoms with Crippen LogP contribution < -0.4 is 14.4 Å². The zero-order chi connectivity index (χ0) is 17.7. The van der Waals surface area contributed by atoms with Gasteiger partial charge in [0.15, 0.2) is 0 Å². The predicted octanol–water partition coefficient (Wildman–Crippen LogP) is 1.39. The van der Waals surface area contributed by atoms with Crippen molar-refractivity contribution in [1.82, 2.24) is 4.90 Å². The molecule has 0 aliphatic carbocycles. The number of carbonyl (C=O) groups excluding carboxylic acids is 2. The molecule has 2 aliphatic rings. The normalized spacial score (nSPS) is 23.6. The lowest BCUT2D eigenvalue weighted by atomic mass is 9.99. The van der Waals surface area contributed by atoms with E-state index in [0.717, 1.165) is 17.6 Å². The first-order valence-corrected chi connectivity index (χ1v) is 9.38. The maximum Gasteiger partial charge on any atom is 0.332 e. The molecule has 2 heterocycles. The Morgan fingerprint density at radius 1 is 1.29 bits per heavy atom. The molecule has 24 heavy (non-hydrogen) atoms. The molecule has 0 spiro atoms. The van der Waals surface area contributed by atoms with Gasteiger partial charge in [0, 0.05) is 6.54 Å². The molecule has 3 rings (SSSR count). The van der Waals surface area contributed by atoms with Gasteiger partial charge in [-0.25, -0.2) is 18.1 Å². The molecule has 0 unspecified atom stereocenters. The highest BCUT2D eigenvalue weighted by atomic mass is 32.2. The summed E-state index contributed by atoms with van der Waals surface area (Å²) in [4.78, 5) is 28.1. The van der Waals surface area contributed by atoms with Crippen LogP contribution in [-0.2, 0) is 14.8 Å². The van der Waals surface area contributed by atoms with Crippen LogP contribution in [0.4, 0.5) is 16.2 Å². The minimum atomic E-state index is -3.53. The first-order chi connectivity index (χ1) is 11.2. The minimum absolute atomic E-state index is 0.176. The quantitative estimate of drug-likeness (QED) is 0.825. The molecule has 2 aliphatic heterocycles. The van der Waals surface area contributed by atoms with E-state index in [2.05, 4.69) is 4.72 Å². The SMILES string of the molecule is COc1ccc(N2C(=O)N3CCC[C@@]3(C)C2=O)cc1NS(C)(=O)=O. The number of anilines is 2. The number of amides is 3. The summed E-state index contributed by atoms with van der Waals surface area (Å²) in [5.74, 6) is 0.00968. The number of imide groups is 1. The highest BCUT2D eigenvalue weighted by Crippen LogP contribution is 2.41. The van der Waals surface area contributed by atoms with Crippen LogP contribution in [0.2, 0.25) is 0 Å². The van der Waals surface area contributed by atoms with Gasteiger partial charge in [-0.05, 0) is 38.0 Å². The monoisotopic (exact) mass is 353 g/mol. The number of sulfonamides is 1. The van der Waals surface area contributed by atoms with Gasteiger partial charge in [-0.1, -0.05) is 0 Å². The highest BCUT2D eigenvalue weighted by Gasteiger charge is 2.56. The third-order valence-electron chi connectivity index (χ3n) is 4.46. The van der Waals surface area contributed by atoms with Crippen molar-refractivity contribution in [2.45, 2.75) is 25.3 Å². The Morgan fingerprint density at radius 3 is 2.58 bits per heavy atom. The second-order valence-electron chi connectivity index (χ2n) is 6.21. The largest absolute Gasteiger partial charge is 0.495 e. The third-order valence-corrected chi connectivity index (χ3v) is 5.05. The van der Waals surface area contributed by atoms with E-state index in [4.69, 9.17) is 4.74 Å². The number of carbonyl (C=O) groups is 2. The Bertz CT molecular complexity index is 822. The van der Waals surface area contributed by atoms with Gasteiger partial charge in [-0.15, -0.1) is 0 Å². The van der Waals surface area contributed by atoms with E-state index in [9.17, 15) is 18.0 Å². The van der Waals surface area contributed by atoms with E-state index < -0.39 is 15.6 Å². The number of fused-ring (bicyclic) bond motifs is 1. The average molecular weight is 353 g/mol. The fraction of sp³-hybridized carbons (Fsp3) is 0.467. The van der Waals surface area contributed by atoms with Gasteiger partial charge in [-0.3, -0.25) is 9.52 Å². The van der Waals surface area contributed by atoms with Gasteiger partial charge in [0.1, 0.15) is 11.3 Å². The van der Waals surface area contributed by atoms with Crippen LogP contribution in [0.1, 0.15) is 19.8 Å². The van der Waals surface area contributed by atoms with Crippen LogP contribution in [0.3, 0.4) is 0 Å². The molecule has 130 valence electrons. The fourth-order valence-electron chi connectivity index (χ4n) is 3.28. The molecule has 0 saturated carbocycles. The van der Waals surface area contributed by atoms with E-state index in [-0.39, 0.29) is 17.6 Å². The van der Waals surface area contributed by atoms with Crippen molar-refractivity contribution in [3.05, 3.63) is 18.2 Å². The summed E-state index contributed by atoms with van der Waals surface area (Å²) in [6.45, 7) is 2.31. The molecule has 0 bridgehead atoms. The summed E-state index contributed by atoms with van der Waals surface area (Å²) in [5, 5.41) is 0. The molecule has 1 N–H and O–H groups in total. The van der Waals surface area contributed by atoms with Gasteiger partial charge in [0.05, 0.1) is 24.7 Å². The zero-order valence-electron chi connectivity index (χ0n) is 13.7. The van der Waals surface area contributed by atoms with Crippen molar-refractivity contribution in [3.63, 3.8) is 0 Å². The predicted molar refractivity (Wildman–Crippen MR) is 88.7 cm³/mol. The first-order valence-electron chi connectivity index (χ1n) is 7.49. The lowest BCUT2D eigenvalue weighted by molar-refractivity contribution is -0.123. The topological polar surface area (TPSA) is 96.0 Å². The van der Waals surface area contributed by atoms with Crippen LogP contribution in [0, 0.1) is 0 Å². The van der Waals surface area contributed by atoms with Crippen molar-refractivity contribution >= 4 is 33.3 Å². The lowest BCUT2D eigenvalue weighted by Gasteiger charge is -2.22. The Balaban J connectivity index is 2.03. The number of nitrogens with one attached hydrogen (secondary N) is 1. The van der Waals surface area contributed by atoms with Gasteiger partial charge >= 0.3 is 6.03 Å². The van der Waals surface area contributed by atoms with Crippen molar-refractivity contribution in [1.29, 1.82) is 0 Å². The molecular weight excluding hydrogens is 334 g/mol. The number of nitrogens with zero attached hydrogens (tertiary/aromatic N) is 2. The van der Waals surface area contributed by atoms with Crippen LogP contribution in [0.25, 0.3) is 0 Å².